The maximum Gasteiger partial charge on any atom is 0.282 e. The summed E-state index contributed by atoms with van der Waals surface area (Å²) >= 11 is 6.03. The molecule has 1 amide bonds. The predicted octanol–water partition coefficient (Wildman–Crippen LogP) is 2.09. The van der Waals surface area contributed by atoms with Crippen molar-refractivity contribution in [1.82, 2.24) is 0 Å². The van der Waals surface area contributed by atoms with Gasteiger partial charge in [-0.25, -0.2) is 0 Å². The van der Waals surface area contributed by atoms with E-state index in [1.54, 1.807) is 18.2 Å². The number of amides is 1. The van der Waals surface area contributed by atoms with Gasteiger partial charge in [-0.15, -0.1) is 0 Å². The Bertz CT molecular complexity index is 771. The first-order valence-corrected chi connectivity index (χ1v) is 9.27. The van der Waals surface area contributed by atoms with E-state index in [0.717, 1.165) is 43.1 Å². The molecule has 1 aliphatic heterocycles. The smallest absolute Gasteiger partial charge is 0.282 e. The normalized spacial score (nSPS) is 16.3. The van der Waals surface area contributed by atoms with E-state index >= 15 is 0 Å². The molecule has 138 valence electrons. The van der Waals surface area contributed by atoms with E-state index in [9.17, 15) is 9.90 Å². The van der Waals surface area contributed by atoms with Crippen LogP contribution in [-0.4, -0.2) is 43.2 Å². The zero-order chi connectivity index (χ0) is 18.7. The second kappa shape index (κ2) is 7.98. The summed E-state index contributed by atoms with van der Waals surface area (Å²) in [5, 5.41) is 13.0. The topological polar surface area (TPSA) is 57.0 Å². The van der Waals surface area contributed by atoms with Crippen LogP contribution in [0.15, 0.2) is 42.5 Å². The van der Waals surface area contributed by atoms with Crippen molar-refractivity contribution >= 4 is 28.9 Å². The van der Waals surface area contributed by atoms with Crippen molar-refractivity contribution in [2.75, 3.05) is 36.4 Å². The van der Waals surface area contributed by atoms with Crippen LogP contribution in [-0.2, 0) is 4.79 Å². The van der Waals surface area contributed by atoms with E-state index in [4.69, 9.17) is 11.6 Å². The van der Waals surface area contributed by atoms with Gasteiger partial charge >= 0.3 is 0 Å². The molecule has 0 aromatic heterocycles. The highest BCUT2D eigenvalue weighted by molar-refractivity contribution is 6.31. The minimum absolute atomic E-state index is 0.0171. The van der Waals surface area contributed by atoms with Crippen LogP contribution >= 0.6 is 11.6 Å². The Kier molecular flexibility index (Phi) is 5.69. The first-order valence-electron chi connectivity index (χ1n) is 8.89. The Morgan fingerprint density at radius 3 is 2.50 bits per heavy atom. The van der Waals surface area contributed by atoms with Gasteiger partial charge in [0.2, 0.25) is 0 Å². The quantitative estimate of drug-likeness (QED) is 0.768. The van der Waals surface area contributed by atoms with Crippen LogP contribution in [0.5, 0.6) is 5.75 Å². The summed E-state index contributed by atoms with van der Waals surface area (Å²) in [6.07, 6.45) is 0. The second-order valence-corrected chi connectivity index (χ2v) is 7.27. The number of hydrogen-bond acceptors (Lipinski definition) is 3. The summed E-state index contributed by atoms with van der Waals surface area (Å²) in [5.74, 6) is 0.295. The molecule has 1 fully saturated rings. The van der Waals surface area contributed by atoms with Crippen LogP contribution in [0, 0.1) is 6.92 Å². The van der Waals surface area contributed by atoms with Gasteiger partial charge in [-0.05, 0) is 55.8 Å². The average molecular weight is 375 g/mol. The van der Waals surface area contributed by atoms with E-state index < -0.39 is 0 Å². The van der Waals surface area contributed by atoms with Crippen molar-refractivity contribution in [1.29, 1.82) is 0 Å². The second-order valence-electron chi connectivity index (χ2n) is 6.83. The number of nitrogens with one attached hydrogen (secondary N) is 2. The van der Waals surface area contributed by atoms with E-state index in [-0.39, 0.29) is 17.7 Å². The van der Waals surface area contributed by atoms with Crippen molar-refractivity contribution in [2.24, 2.45) is 0 Å². The van der Waals surface area contributed by atoms with Gasteiger partial charge in [0.1, 0.15) is 5.75 Å². The molecule has 0 spiro atoms. The van der Waals surface area contributed by atoms with Crippen LogP contribution in [0.25, 0.3) is 0 Å². The largest absolute Gasteiger partial charge is 0.508 e. The van der Waals surface area contributed by atoms with Gasteiger partial charge in [0, 0.05) is 16.4 Å². The van der Waals surface area contributed by atoms with Gasteiger partial charge in [0.05, 0.1) is 26.2 Å². The van der Waals surface area contributed by atoms with Gasteiger partial charge in [-0.1, -0.05) is 17.7 Å². The fourth-order valence-corrected chi connectivity index (χ4v) is 3.48. The number of rotatable bonds is 4. The van der Waals surface area contributed by atoms with E-state index in [0.29, 0.717) is 5.02 Å². The van der Waals surface area contributed by atoms with Crippen LogP contribution in [0.2, 0.25) is 5.02 Å². The van der Waals surface area contributed by atoms with Crippen LogP contribution in [0.3, 0.4) is 0 Å². The summed E-state index contributed by atoms with van der Waals surface area (Å²) in [6, 6.07) is 12.7. The molecule has 1 aliphatic rings. The van der Waals surface area contributed by atoms with E-state index in [1.807, 2.05) is 38.1 Å². The Morgan fingerprint density at radius 1 is 1.19 bits per heavy atom. The number of phenolic OH excluding ortho intramolecular Hbond substituents is 1. The molecule has 26 heavy (non-hydrogen) atoms. The summed E-state index contributed by atoms with van der Waals surface area (Å²) in [5.41, 5.74) is 2.88. The number of aromatic hydroxyl groups is 1. The first kappa shape index (κ1) is 18.5. The predicted molar refractivity (Wildman–Crippen MR) is 105 cm³/mol. The van der Waals surface area contributed by atoms with Gasteiger partial charge in [0.15, 0.2) is 6.04 Å². The Hall–Kier alpha value is -2.24. The van der Waals surface area contributed by atoms with Crippen molar-refractivity contribution in [3.63, 3.8) is 0 Å². The number of hydrogen-bond donors (Lipinski definition) is 3. The average Bonchev–Trinajstić information content (AvgIpc) is 2.65. The van der Waals surface area contributed by atoms with E-state index in [1.165, 1.54) is 4.90 Å². The Labute approximate surface area is 159 Å². The molecular formula is C20H25ClN3O2+. The lowest BCUT2D eigenvalue weighted by Crippen LogP contribution is -3.19. The highest BCUT2D eigenvalue weighted by Gasteiger charge is 2.29. The molecule has 0 bridgehead atoms. The molecule has 3 rings (SSSR count). The van der Waals surface area contributed by atoms with Crippen LogP contribution in [0.1, 0.15) is 12.5 Å². The molecule has 0 radical (unpaired) electrons. The van der Waals surface area contributed by atoms with Crippen LogP contribution < -0.4 is 15.1 Å². The molecule has 6 heteroatoms. The lowest BCUT2D eigenvalue weighted by atomic mass is 10.1. The molecule has 5 nitrogen and oxygen atoms in total. The number of benzene rings is 2. The fourth-order valence-electron chi connectivity index (χ4n) is 3.30. The van der Waals surface area contributed by atoms with Crippen LogP contribution in [0.4, 0.5) is 11.4 Å². The maximum atomic E-state index is 12.6. The maximum absolute atomic E-state index is 12.6. The minimum Gasteiger partial charge on any atom is -0.508 e. The number of carbonyl (C=O) groups is 1. The third-order valence-electron chi connectivity index (χ3n) is 5.08. The standard InChI is InChI=1S/C20H24ClN3O2/c1-14-3-4-16(21)13-19(14)22-20(26)15(2)23-9-11-24(12-10-23)17-5-7-18(25)8-6-17/h3-8,13,15,25H,9-12H2,1-2H3,(H,22,26)/p+1/t15-/m1/s1. The van der Waals surface area contributed by atoms with Gasteiger partial charge in [-0.2, -0.15) is 0 Å². The number of piperazine rings is 1. The lowest BCUT2D eigenvalue weighted by Gasteiger charge is -2.36. The van der Waals surface area contributed by atoms with Crippen molar-refractivity contribution in [3.8, 4) is 5.75 Å². The number of phenols is 1. The minimum atomic E-state index is -0.129. The van der Waals surface area contributed by atoms with Gasteiger partial charge in [0.25, 0.3) is 5.91 Å². The Morgan fingerprint density at radius 2 is 1.85 bits per heavy atom. The number of anilines is 2. The van der Waals surface area contributed by atoms with E-state index in [2.05, 4.69) is 10.2 Å². The third kappa shape index (κ3) is 4.29. The molecule has 1 atom stereocenters. The molecule has 2 aromatic carbocycles. The molecule has 0 unspecified atom stereocenters. The van der Waals surface area contributed by atoms with Crippen molar-refractivity contribution < 1.29 is 14.8 Å². The lowest BCUT2D eigenvalue weighted by molar-refractivity contribution is -0.914. The number of halogens is 1. The number of carbonyl (C=O) groups excluding carboxylic acids is 1. The van der Waals surface area contributed by atoms with Gasteiger partial charge in [-0.3, -0.25) is 4.79 Å². The van der Waals surface area contributed by atoms with Gasteiger partial charge < -0.3 is 20.2 Å². The fraction of sp³-hybridized carbons (Fsp3) is 0.350. The molecule has 0 aliphatic carbocycles. The molecule has 0 saturated carbocycles. The highest BCUT2D eigenvalue weighted by Crippen LogP contribution is 2.20. The zero-order valence-corrected chi connectivity index (χ0v) is 15.9. The molecule has 1 heterocycles. The number of quaternary nitrogens is 1. The summed E-state index contributed by atoms with van der Waals surface area (Å²) in [7, 11) is 0. The third-order valence-corrected chi connectivity index (χ3v) is 5.32. The van der Waals surface area contributed by atoms with Crippen molar-refractivity contribution in [2.45, 2.75) is 19.9 Å². The monoisotopic (exact) mass is 374 g/mol. The van der Waals surface area contributed by atoms with Crippen molar-refractivity contribution in [3.05, 3.63) is 53.1 Å². The molecular weight excluding hydrogens is 350 g/mol. The molecule has 1 saturated heterocycles. The SMILES string of the molecule is Cc1ccc(Cl)cc1NC(=O)[C@@H](C)[NH+]1CCN(c2ccc(O)cc2)CC1. The Balaban J connectivity index is 1.57. The molecule has 2 aromatic rings. The molecule has 3 N–H and O–H groups in total. The number of nitrogens with zero attached hydrogens (tertiary/aromatic N) is 1. The zero-order valence-electron chi connectivity index (χ0n) is 15.1. The number of aryl methyl sites for hydroxylation is 1. The summed E-state index contributed by atoms with van der Waals surface area (Å²) < 4.78 is 0. The first-order chi connectivity index (χ1) is 12.4. The summed E-state index contributed by atoms with van der Waals surface area (Å²) in [6.45, 7) is 7.48. The summed E-state index contributed by atoms with van der Waals surface area (Å²) in [4.78, 5) is 16.2. The highest BCUT2D eigenvalue weighted by atomic mass is 35.5.